The van der Waals surface area contributed by atoms with E-state index in [2.05, 4.69) is 31.3 Å². The molecular weight excluding hydrogens is 474 g/mol. The number of aryl methyl sites for hydroxylation is 1. The van der Waals surface area contributed by atoms with Gasteiger partial charge in [-0.15, -0.1) is 0 Å². The minimum Gasteiger partial charge on any atom is -0.494 e. The summed E-state index contributed by atoms with van der Waals surface area (Å²) in [6, 6.07) is 17.3. The normalized spacial score (nSPS) is 15.1. The zero-order valence-electron chi connectivity index (χ0n) is 21.2. The van der Waals surface area contributed by atoms with Gasteiger partial charge in [-0.25, -0.2) is 0 Å². The van der Waals surface area contributed by atoms with Gasteiger partial charge >= 0.3 is 0 Å². The third kappa shape index (κ3) is 5.72. The number of carbonyl (C=O) groups excluding carboxylic acids is 2. The summed E-state index contributed by atoms with van der Waals surface area (Å²) in [5.74, 6) is 0.851. The second-order valence-electron chi connectivity index (χ2n) is 9.33. The fourth-order valence-corrected chi connectivity index (χ4v) is 4.30. The topological polar surface area (TPSA) is 111 Å². The minimum atomic E-state index is -0.579. The monoisotopic (exact) mass is 503 g/mol. The number of anilines is 2. The van der Waals surface area contributed by atoms with Gasteiger partial charge in [0, 0.05) is 24.7 Å². The first-order chi connectivity index (χ1) is 17.7. The SMILES string of the molecule is COc1cc([N+](=O)[O-])ccc1N1C[C@H](C(=O)Nc2ccc(Oc3cc(C)ccc3C(C)C)cc2)CC1=O. The lowest BCUT2D eigenvalue weighted by atomic mass is 10.0. The maximum Gasteiger partial charge on any atom is 0.273 e. The molecule has 0 radical (unpaired) electrons. The van der Waals surface area contributed by atoms with Crippen LogP contribution in [0.5, 0.6) is 17.2 Å². The van der Waals surface area contributed by atoms with E-state index < -0.39 is 10.8 Å². The average Bonchev–Trinajstić information content (AvgIpc) is 3.26. The highest BCUT2D eigenvalue weighted by atomic mass is 16.6. The molecule has 1 aliphatic heterocycles. The van der Waals surface area contributed by atoms with Crippen LogP contribution in [0, 0.1) is 23.0 Å². The largest absolute Gasteiger partial charge is 0.494 e. The number of benzene rings is 3. The lowest BCUT2D eigenvalue weighted by Crippen LogP contribution is -2.28. The van der Waals surface area contributed by atoms with Crippen LogP contribution in [-0.2, 0) is 9.59 Å². The number of non-ortho nitro benzene ring substituents is 1. The third-order valence-corrected chi connectivity index (χ3v) is 6.30. The maximum atomic E-state index is 12.9. The van der Waals surface area contributed by atoms with Crippen LogP contribution in [0.1, 0.15) is 37.3 Å². The summed E-state index contributed by atoms with van der Waals surface area (Å²) in [5, 5.41) is 13.9. The van der Waals surface area contributed by atoms with E-state index in [9.17, 15) is 19.7 Å². The molecular formula is C28H29N3O6. The molecule has 0 unspecified atom stereocenters. The highest BCUT2D eigenvalue weighted by Crippen LogP contribution is 2.36. The Morgan fingerprint density at radius 3 is 2.46 bits per heavy atom. The number of hydrogen-bond acceptors (Lipinski definition) is 6. The van der Waals surface area contributed by atoms with E-state index in [1.807, 2.05) is 13.0 Å². The number of rotatable bonds is 8. The van der Waals surface area contributed by atoms with Crippen molar-refractivity contribution < 1.29 is 24.0 Å². The summed E-state index contributed by atoms with van der Waals surface area (Å²) in [4.78, 5) is 37.6. The van der Waals surface area contributed by atoms with Crippen molar-refractivity contribution in [1.29, 1.82) is 0 Å². The molecule has 1 atom stereocenters. The van der Waals surface area contributed by atoms with E-state index in [-0.39, 0.29) is 36.2 Å². The van der Waals surface area contributed by atoms with Gasteiger partial charge in [0.05, 0.1) is 29.7 Å². The molecule has 1 fully saturated rings. The minimum absolute atomic E-state index is 0.0263. The van der Waals surface area contributed by atoms with Crippen LogP contribution in [0.2, 0.25) is 0 Å². The van der Waals surface area contributed by atoms with Crippen molar-refractivity contribution in [1.82, 2.24) is 0 Å². The number of carbonyl (C=O) groups is 2. The molecule has 1 aliphatic rings. The molecule has 1 saturated heterocycles. The summed E-state index contributed by atoms with van der Waals surface area (Å²) in [7, 11) is 1.38. The van der Waals surface area contributed by atoms with E-state index in [0.29, 0.717) is 23.0 Å². The standard InChI is InChI=1S/C28H29N3O6/c1-17(2)23-11-5-18(3)13-25(23)37-22-9-6-20(7-10-22)29-28(33)19-14-27(32)30(16-19)24-12-8-21(31(34)35)15-26(24)36-4/h5-13,15,17,19H,14,16H2,1-4H3,(H,29,33)/t19-/m1/s1. The molecule has 192 valence electrons. The molecule has 1 N–H and O–H groups in total. The van der Waals surface area contributed by atoms with E-state index in [1.165, 1.54) is 30.2 Å². The third-order valence-electron chi connectivity index (χ3n) is 6.30. The van der Waals surface area contributed by atoms with Crippen molar-refractivity contribution in [3.8, 4) is 17.2 Å². The molecule has 3 aromatic carbocycles. The number of nitrogens with zero attached hydrogens (tertiary/aromatic N) is 2. The van der Waals surface area contributed by atoms with Gasteiger partial charge in [0.1, 0.15) is 17.2 Å². The van der Waals surface area contributed by atoms with Gasteiger partial charge in [-0.2, -0.15) is 0 Å². The van der Waals surface area contributed by atoms with Crippen LogP contribution in [0.25, 0.3) is 0 Å². The van der Waals surface area contributed by atoms with E-state index in [4.69, 9.17) is 9.47 Å². The molecule has 3 aromatic rings. The highest BCUT2D eigenvalue weighted by molar-refractivity contribution is 6.04. The average molecular weight is 504 g/mol. The zero-order chi connectivity index (χ0) is 26.7. The first kappa shape index (κ1) is 25.7. The molecule has 4 rings (SSSR count). The first-order valence-corrected chi connectivity index (χ1v) is 12.0. The maximum absolute atomic E-state index is 12.9. The molecule has 37 heavy (non-hydrogen) atoms. The molecule has 9 heteroatoms. The molecule has 0 spiro atoms. The van der Waals surface area contributed by atoms with Crippen molar-refractivity contribution in [2.24, 2.45) is 5.92 Å². The summed E-state index contributed by atoms with van der Waals surface area (Å²) < 4.78 is 11.4. The van der Waals surface area contributed by atoms with Gasteiger partial charge in [0.2, 0.25) is 11.8 Å². The van der Waals surface area contributed by atoms with Crippen molar-refractivity contribution in [3.63, 3.8) is 0 Å². The van der Waals surface area contributed by atoms with E-state index >= 15 is 0 Å². The molecule has 0 bridgehead atoms. The quantitative estimate of drug-likeness (QED) is 0.306. The predicted octanol–water partition coefficient (Wildman–Crippen LogP) is 5.82. The second-order valence-corrected chi connectivity index (χ2v) is 9.33. The number of nitro benzene ring substituents is 1. The summed E-state index contributed by atoms with van der Waals surface area (Å²) in [5.41, 5.74) is 3.06. The Labute approximate surface area is 215 Å². The zero-order valence-corrected chi connectivity index (χ0v) is 21.2. The van der Waals surface area contributed by atoms with Crippen LogP contribution < -0.4 is 19.7 Å². The van der Waals surface area contributed by atoms with Gasteiger partial charge < -0.3 is 19.7 Å². The fourth-order valence-electron chi connectivity index (χ4n) is 4.30. The van der Waals surface area contributed by atoms with Gasteiger partial charge in [0.15, 0.2) is 0 Å². The van der Waals surface area contributed by atoms with Crippen LogP contribution in [-0.4, -0.2) is 30.4 Å². The van der Waals surface area contributed by atoms with Crippen molar-refractivity contribution in [2.75, 3.05) is 23.9 Å². The Bertz CT molecular complexity index is 1340. The van der Waals surface area contributed by atoms with Gasteiger partial charge in [-0.3, -0.25) is 19.7 Å². The Morgan fingerprint density at radius 1 is 1.08 bits per heavy atom. The van der Waals surface area contributed by atoms with Crippen LogP contribution in [0.15, 0.2) is 60.7 Å². The van der Waals surface area contributed by atoms with Crippen molar-refractivity contribution in [3.05, 3.63) is 81.9 Å². The second kappa shape index (κ2) is 10.7. The number of amides is 2. The van der Waals surface area contributed by atoms with Crippen molar-refractivity contribution >= 4 is 28.9 Å². The van der Waals surface area contributed by atoms with Gasteiger partial charge in [-0.1, -0.05) is 26.0 Å². The molecule has 2 amide bonds. The Kier molecular flexibility index (Phi) is 7.42. The number of methoxy groups -OCH3 is 1. The smallest absolute Gasteiger partial charge is 0.273 e. The number of ether oxygens (including phenoxy) is 2. The Balaban J connectivity index is 1.42. The van der Waals surface area contributed by atoms with E-state index in [0.717, 1.165) is 16.9 Å². The van der Waals surface area contributed by atoms with Gasteiger partial charge in [0.25, 0.3) is 5.69 Å². The first-order valence-electron chi connectivity index (χ1n) is 12.0. The summed E-state index contributed by atoms with van der Waals surface area (Å²) >= 11 is 0. The lowest BCUT2D eigenvalue weighted by Gasteiger charge is -2.19. The number of hydrogen-bond donors (Lipinski definition) is 1. The summed E-state index contributed by atoms with van der Waals surface area (Å²) in [6.45, 7) is 6.39. The van der Waals surface area contributed by atoms with Crippen molar-refractivity contribution in [2.45, 2.75) is 33.1 Å². The lowest BCUT2D eigenvalue weighted by molar-refractivity contribution is -0.384. The Morgan fingerprint density at radius 2 is 1.81 bits per heavy atom. The highest BCUT2D eigenvalue weighted by Gasteiger charge is 2.36. The van der Waals surface area contributed by atoms with Crippen LogP contribution in [0.4, 0.5) is 17.1 Å². The van der Waals surface area contributed by atoms with E-state index in [1.54, 1.807) is 24.3 Å². The summed E-state index contributed by atoms with van der Waals surface area (Å²) in [6.07, 6.45) is 0.0263. The molecule has 0 saturated carbocycles. The Hall–Kier alpha value is -4.40. The van der Waals surface area contributed by atoms with Crippen LogP contribution in [0.3, 0.4) is 0 Å². The van der Waals surface area contributed by atoms with Crippen LogP contribution >= 0.6 is 0 Å². The molecule has 9 nitrogen and oxygen atoms in total. The number of nitro groups is 1. The molecule has 0 aromatic heterocycles. The molecule has 1 heterocycles. The predicted molar refractivity (Wildman–Crippen MR) is 141 cm³/mol. The molecule has 0 aliphatic carbocycles. The number of nitrogens with one attached hydrogen (secondary N) is 1. The van der Waals surface area contributed by atoms with Gasteiger partial charge in [-0.05, 0) is 60.4 Å². The fraction of sp³-hybridized carbons (Fsp3) is 0.286.